The van der Waals surface area contributed by atoms with Gasteiger partial charge in [0.15, 0.2) is 0 Å². The van der Waals surface area contributed by atoms with E-state index in [1.54, 1.807) is 0 Å². The van der Waals surface area contributed by atoms with Crippen LogP contribution in [0.25, 0.3) is 0 Å². The molecule has 7 heteroatoms. The Morgan fingerprint density at radius 2 is 2.00 bits per heavy atom. The van der Waals surface area contributed by atoms with Gasteiger partial charge in [0.05, 0.1) is 18.1 Å². The van der Waals surface area contributed by atoms with Gasteiger partial charge in [-0.2, -0.15) is 0 Å². The molecule has 1 heterocycles. The van der Waals surface area contributed by atoms with E-state index in [0.29, 0.717) is 5.69 Å². The van der Waals surface area contributed by atoms with Gasteiger partial charge in [-0.1, -0.05) is 0 Å². The van der Waals surface area contributed by atoms with Crippen LogP contribution in [0.4, 0.5) is 10.5 Å². The van der Waals surface area contributed by atoms with Crippen LogP contribution in [-0.2, 0) is 4.79 Å². The molecule has 80 valence electrons. The topological polar surface area (TPSA) is 104 Å². The lowest BCUT2D eigenvalue weighted by molar-refractivity contribution is -0.138. The van der Waals surface area contributed by atoms with Crippen molar-refractivity contribution in [3.05, 3.63) is 18.7 Å². The van der Waals surface area contributed by atoms with E-state index in [9.17, 15) is 9.59 Å². The van der Waals surface area contributed by atoms with E-state index in [1.807, 2.05) is 0 Å². The molecule has 1 atom stereocenters. The second kappa shape index (κ2) is 4.89. The quantitative estimate of drug-likeness (QED) is 0.654. The van der Waals surface area contributed by atoms with E-state index < -0.39 is 18.0 Å². The number of carbonyl (C=O) groups is 2. The molecule has 0 radical (unpaired) electrons. The summed E-state index contributed by atoms with van der Waals surface area (Å²) in [6, 6.07) is -1.56. The first-order chi connectivity index (χ1) is 7.09. The van der Waals surface area contributed by atoms with Gasteiger partial charge in [-0.05, 0) is 6.92 Å². The van der Waals surface area contributed by atoms with Gasteiger partial charge in [-0.3, -0.25) is 4.79 Å². The summed E-state index contributed by atoms with van der Waals surface area (Å²) in [4.78, 5) is 29.0. The van der Waals surface area contributed by atoms with Crippen LogP contribution in [0.3, 0.4) is 0 Å². The third kappa shape index (κ3) is 3.59. The third-order valence-corrected chi connectivity index (χ3v) is 1.54. The van der Waals surface area contributed by atoms with Crippen LogP contribution in [0, 0.1) is 0 Å². The molecule has 1 aromatic heterocycles. The molecule has 1 aromatic rings. The first-order valence-electron chi connectivity index (χ1n) is 4.15. The molecule has 0 aliphatic heterocycles. The number of hydrogen-bond donors (Lipinski definition) is 3. The molecule has 2 amide bonds. The fourth-order valence-corrected chi connectivity index (χ4v) is 0.789. The Bertz CT molecular complexity index is 354. The number of hydrogen-bond acceptors (Lipinski definition) is 4. The lowest BCUT2D eigenvalue weighted by atomic mass is 10.3. The monoisotopic (exact) mass is 210 g/mol. The predicted molar refractivity (Wildman–Crippen MR) is 51.3 cm³/mol. The van der Waals surface area contributed by atoms with Crippen LogP contribution < -0.4 is 10.6 Å². The van der Waals surface area contributed by atoms with E-state index in [0.717, 1.165) is 0 Å². The lowest BCUT2D eigenvalue weighted by Crippen LogP contribution is -2.40. The first kappa shape index (κ1) is 10.9. The number of aromatic nitrogens is 2. The van der Waals surface area contributed by atoms with Gasteiger partial charge < -0.3 is 15.7 Å². The summed E-state index contributed by atoms with van der Waals surface area (Å²) in [7, 11) is 0. The standard InChI is InChI=1S/C8H10N4O3/c1-5(7(13)14)11-8(15)12-6-2-9-4-10-3-6/h2-5H,1H3,(H,13,14)(H2,11,12,15)/t5-/m0/s1. The Morgan fingerprint density at radius 3 is 2.53 bits per heavy atom. The summed E-state index contributed by atoms with van der Waals surface area (Å²) in [6.07, 6.45) is 4.12. The maximum absolute atomic E-state index is 11.2. The van der Waals surface area contributed by atoms with Crippen molar-refractivity contribution in [1.82, 2.24) is 15.3 Å². The molecule has 0 unspecified atom stereocenters. The molecule has 7 nitrogen and oxygen atoms in total. The zero-order chi connectivity index (χ0) is 11.3. The molecule has 3 N–H and O–H groups in total. The highest BCUT2D eigenvalue weighted by Gasteiger charge is 2.13. The first-order valence-corrected chi connectivity index (χ1v) is 4.15. The van der Waals surface area contributed by atoms with E-state index in [4.69, 9.17) is 5.11 Å². The highest BCUT2D eigenvalue weighted by molar-refractivity contribution is 5.91. The van der Waals surface area contributed by atoms with E-state index in [-0.39, 0.29) is 0 Å². The number of nitrogens with zero attached hydrogens (tertiary/aromatic N) is 2. The molecule has 0 bridgehead atoms. The van der Waals surface area contributed by atoms with Crippen molar-refractivity contribution in [2.24, 2.45) is 0 Å². The van der Waals surface area contributed by atoms with E-state index in [1.165, 1.54) is 25.6 Å². The minimum absolute atomic E-state index is 0.396. The van der Waals surface area contributed by atoms with Gasteiger partial charge in [-0.25, -0.2) is 14.8 Å². The normalized spacial score (nSPS) is 11.5. The van der Waals surface area contributed by atoms with Crippen molar-refractivity contribution in [2.75, 3.05) is 5.32 Å². The maximum atomic E-state index is 11.2. The molecule has 0 fully saturated rings. The van der Waals surface area contributed by atoms with Gasteiger partial charge in [0.25, 0.3) is 0 Å². The number of carboxylic acid groups (broad SMARTS) is 1. The SMILES string of the molecule is C[C@H](NC(=O)Nc1cncnc1)C(=O)O. The number of rotatable bonds is 3. The molecule has 1 rings (SSSR count). The Balaban J connectivity index is 2.47. The number of nitrogens with one attached hydrogen (secondary N) is 2. The van der Waals surface area contributed by atoms with Crippen molar-refractivity contribution >= 4 is 17.7 Å². The van der Waals surface area contributed by atoms with Crippen molar-refractivity contribution < 1.29 is 14.7 Å². The van der Waals surface area contributed by atoms with Gasteiger partial charge in [0, 0.05) is 0 Å². The Morgan fingerprint density at radius 1 is 1.40 bits per heavy atom. The zero-order valence-electron chi connectivity index (χ0n) is 7.97. The van der Waals surface area contributed by atoms with Crippen molar-refractivity contribution in [2.45, 2.75) is 13.0 Å². The summed E-state index contributed by atoms with van der Waals surface area (Å²) in [5.74, 6) is -1.10. The minimum Gasteiger partial charge on any atom is -0.480 e. The molecule has 0 aliphatic carbocycles. The summed E-state index contributed by atoms with van der Waals surface area (Å²) in [5.41, 5.74) is 0.396. The van der Waals surface area contributed by atoms with Crippen LogP contribution in [-0.4, -0.2) is 33.1 Å². The molecule has 0 saturated carbocycles. The minimum atomic E-state index is -1.10. The highest BCUT2D eigenvalue weighted by atomic mass is 16.4. The van der Waals surface area contributed by atoms with Gasteiger partial charge >= 0.3 is 12.0 Å². The lowest BCUT2D eigenvalue weighted by Gasteiger charge is -2.09. The van der Waals surface area contributed by atoms with Gasteiger partial charge in [-0.15, -0.1) is 0 Å². The molecular formula is C8H10N4O3. The summed E-state index contributed by atoms with van der Waals surface area (Å²) in [5, 5.41) is 13.1. The summed E-state index contributed by atoms with van der Waals surface area (Å²) < 4.78 is 0. The summed E-state index contributed by atoms with van der Waals surface area (Å²) >= 11 is 0. The molecule has 0 aromatic carbocycles. The second-order valence-corrected chi connectivity index (χ2v) is 2.79. The largest absolute Gasteiger partial charge is 0.480 e. The van der Waals surface area contributed by atoms with Crippen LogP contribution in [0.1, 0.15) is 6.92 Å². The van der Waals surface area contributed by atoms with Crippen LogP contribution in [0.2, 0.25) is 0 Å². The van der Waals surface area contributed by atoms with E-state index >= 15 is 0 Å². The van der Waals surface area contributed by atoms with Crippen molar-refractivity contribution in [1.29, 1.82) is 0 Å². The maximum Gasteiger partial charge on any atom is 0.325 e. The highest BCUT2D eigenvalue weighted by Crippen LogP contribution is 1.99. The number of aliphatic carboxylic acids is 1. The molecule has 0 saturated heterocycles. The molecule has 0 spiro atoms. The number of amides is 2. The third-order valence-electron chi connectivity index (χ3n) is 1.54. The fourth-order valence-electron chi connectivity index (χ4n) is 0.789. The number of anilines is 1. The second-order valence-electron chi connectivity index (χ2n) is 2.79. The number of urea groups is 1. The zero-order valence-corrected chi connectivity index (χ0v) is 7.97. The van der Waals surface area contributed by atoms with Gasteiger partial charge in [0.1, 0.15) is 12.4 Å². The van der Waals surface area contributed by atoms with Crippen LogP contribution in [0.5, 0.6) is 0 Å². The average molecular weight is 210 g/mol. The van der Waals surface area contributed by atoms with Crippen LogP contribution in [0.15, 0.2) is 18.7 Å². The average Bonchev–Trinajstić information content (AvgIpc) is 2.18. The Kier molecular flexibility index (Phi) is 3.55. The predicted octanol–water partition coefficient (Wildman–Crippen LogP) is 0.0712. The summed E-state index contributed by atoms with van der Waals surface area (Å²) in [6.45, 7) is 1.36. The van der Waals surface area contributed by atoms with Crippen LogP contribution >= 0.6 is 0 Å². The Labute approximate surface area is 85.5 Å². The van der Waals surface area contributed by atoms with Crippen molar-refractivity contribution in [3.8, 4) is 0 Å². The van der Waals surface area contributed by atoms with Crippen molar-refractivity contribution in [3.63, 3.8) is 0 Å². The molecule has 15 heavy (non-hydrogen) atoms. The van der Waals surface area contributed by atoms with E-state index in [2.05, 4.69) is 20.6 Å². The smallest absolute Gasteiger partial charge is 0.325 e. The fraction of sp³-hybridized carbons (Fsp3) is 0.250. The Hall–Kier alpha value is -2.18. The van der Waals surface area contributed by atoms with Gasteiger partial charge in [0.2, 0.25) is 0 Å². The molecular weight excluding hydrogens is 200 g/mol. The molecule has 0 aliphatic rings. The number of carboxylic acids is 1. The number of carbonyl (C=O) groups excluding carboxylic acids is 1.